The number of hydrogen-bond donors (Lipinski definition) is 1. The maximum absolute atomic E-state index is 13.2. The van der Waals surface area contributed by atoms with Crippen LogP contribution in [0.2, 0.25) is 5.02 Å². The zero-order valence-corrected chi connectivity index (χ0v) is 29.9. The van der Waals surface area contributed by atoms with Crippen molar-refractivity contribution in [3.05, 3.63) is 166 Å². The molecule has 0 saturated carbocycles. The average Bonchev–Trinajstić information content (AvgIpc) is 3.43. The van der Waals surface area contributed by atoms with Crippen molar-refractivity contribution < 1.29 is 22.7 Å². The SMILES string of the molecule is COC(=O)c1ccc(OCCc2c(CCNS(=O)(=O)CSc3ccccc3)n(C(c3ccccc3)c3ccccc3)c3ccc(Cl)cc23)cc1. The number of nitrogens with one attached hydrogen (secondary N) is 1. The first kappa shape index (κ1) is 35.3. The highest BCUT2D eigenvalue weighted by atomic mass is 35.5. The van der Waals surface area contributed by atoms with E-state index in [1.807, 2.05) is 84.9 Å². The van der Waals surface area contributed by atoms with Crippen LogP contribution in [0.3, 0.4) is 0 Å². The van der Waals surface area contributed by atoms with Gasteiger partial charge < -0.3 is 14.0 Å². The van der Waals surface area contributed by atoms with E-state index in [1.165, 1.54) is 18.9 Å². The van der Waals surface area contributed by atoms with Gasteiger partial charge in [0.25, 0.3) is 0 Å². The molecule has 0 aliphatic rings. The summed E-state index contributed by atoms with van der Waals surface area (Å²) in [6.45, 7) is 0.553. The van der Waals surface area contributed by atoms with Crippen LogP contribution in [0.5, 0.6) is 5.75 Å². The van der Waals surface area contributed by atoms with Crippen LogP contribution in [0, 0.1) is 0 Å². The molecule has 0 fully saturated rings. The van der Waals surface area contributed by atoms with Gasteiger partial charge in [-0.3, -0.25) is 0 Å². The maximum Gasteiger partial charge on any atom is 0.337 e. The van der Waals surface area contributed by atoms with Crippen LogP contribution < -0.4 is 9.46 Å². The minimum absolute atomic E-state index is 0.0816. The lowest BCUT2D eigenvalue weighted by Crippen LogP contribution is -2.28. The standard InChI is InChI=1S/C40H37ClN2O5S2/c1-47-40(44)31-17-20-33(21-18-31)48-26-24-35-36-27-32(41)19-22-37(36)43(39(29-11-5-2-6-12-29)30-13-7-3-8-14-30)38(35)23-25-42-50(45,46)28-49-34-15-9-4-10-16-34/h2-22,27,39,42H,23-26,28H2,1H3. The number of hydrogen-bond acceptors (Lipinski definition) is 6. The van der Waals surface area contributed by atoms with Gasteiger partial charge in [0.1, 0.15) is 10.8 Å². The van der Waals surface area contributed by atoms with E-state index < -0.39 is 16.0 Å². The van der Waals surface area contributed by atoms with Crippen molar-refractivity contribution in [2.45, 2.75) is 23.8 Å². The third-order valence-electron chi connectivity index (χ3n) is 8.38. The van der Waals surface area contributed by atoms with Gasteiger partial charge in [0.2, 0.25) is 10.0 Å². The van der Waals surface area contributed by atoms with Crippen molar-refractivity contribution in [2.75, 3.05) is 25.3 Å². The van der Waals surface area contributed by atoms with Crippen LogP contribution >= 0.6 is 23.4 Å². The summed E-state index contributed by atoms with van der Waals surface area (Å²) in [5.41, 5.74) is 5.64. The Morgan fingerprint density at radius 2 is 1.44 bits per heavy atom. The second kappa shape index (κ2) is 16.4. The van der Waals surface area contributed by atoms with E-state index in [-0.39, 0.29) is 17.7 Å². The first-order valence-electron chi connectivity index (χ1n) is 16.2. The molecule has 0 unspecified atom stereocenters. The minimum atomic E-state index is -3.58. The van der Waals surface area contributed by atoms with Crippen LogP contribution in [0.1, 0.15) is 38.8 Å². The number of fused-ring (bicyclic) bond motifs is 1. The second-order valence-electron chi connectivity index (χ2n) is 11.6. The molecular formula is C40H37ClN2O5S2. The predicted molar refractivity (Wildman–Crippen MR) is 202 cm³/mol. The number of ether oxygens (including phenoxy) is 2. The van der Waals surface area contributed by atoms with Gasteiger partial charge in [0.15, 0.2) is 0 Å². The maximum atomic E-state index is 13.2. The van der Waals surface area contributed by atoms with Crippen LogP contribution in [-0.2, 0) is 27.6 Å². The third kappa shape index (κ3) is 8.60. The second-order valence-corrected chi connectivity index (χ2v) is 15.3. The van der Waals surface area contributed by atoms with Crippen LogP contribution in [0.15, 0.2) is 138 Å². The Hall–Kier alpha value is -4.54. The summed E-state index contributed by atoms with van der Waals surface area (Å²) in [5.74, 6) is 0.211. The van der Waals surface area contributed by atoms with Crippen molar-refractivity contribution in [1.29, 1.82) is 0 Å². The molecule has 6 aromatic rings. The summed E-state index contributed by atoms with van der Waals surface area (Å²) in [7, 11) is -2.23. The van der Waals surface area contributed by atoms with Gasteiger partial charge in [0.05, 0.1) is 25.3 Å². The topological polar surface area (TPSA) is 86.6 Å². The van der Waals surface area contributed by atoms with Gasteiger partial charge >= 0.3 is 5.97 Å². The molecule has 10 heteroatoms. The summed E-state index contributed by atoms with van der Waals surface area (Å²) < 4.78 is 42.5. The zero-order valence-electron chi connectivity index (χ0n) is 27.5. The summed E-state index contributed by atoms with van der Waals surface area (Å²) in [6, 6.07) is 42.7. The first-order valence-corrected chi connectivity index (χ1v) is 19.2. The number of rotatable bonds is 15. The lowest BCUT2D eigenvalue weighted by molar-refractivity contribution is 0.0600. The molecule has 256 valence electrons. The molecule has 0 atom stereocenters. The largest absolute Gasteiger partial charge is 0.493 e. The van der Waals surface area contributed by atoms with E-state index in [1.54, 1.807) is 24.3 Å². The molecular weight excluding hydrogens is 688 g/mol. The zero-order chi connectivity index (χ0) is 34.9. The number of halogens is 1. The van der Waals surface area contributed by atoms with Gasteiger partial charge in [0, 0.05) is 45.9 Å². The fourth-order valence-electron chi connectivity index (χ4n) is 6.12. The number of thioether (sulfide) groups is 1. The fraction of sp³-hybridized carbons (Fsp3) is 0.175. The van der Waals surface area contributed by atoms with E-state index in [2.05, 4.69) is 33.6 Å². The Labute approximate surface area is 302 Å². The summed E-state index contributed by atoms with van der Waals surface area (Å²) in [6.07, 6.45) is 0.964. The Kier molecular flexibility index (Phi) is 11.6. The average molecular weight is 725 g/mol. The third-order valence-corrected chi connectivity index (χ3v) is 11.6. The molecule has 5 aromatic carbocycles. The molecule has 1 heterocycles. The summed E-state index contributed by atoms with van der Waals surface area (Å²) in [4.78, 5) is 12.8. The number of benzene rings is 5. The van der Waals surface area contributed by atoms with Crippen molar-refractivity contribution in [3.8, 4) is 5.75 Å². The molecule has 0 radical (unpaired) electrons. The number of esters is 1. The molecule has 50 heavy (non-hydrogen) atoms. The van der Waals surface area contributed by atoms with Gasteiger partial charge in [-0.25, -0.2) is 17.9 Å². The normalized spacial score (nSPS) is 11.6. The minimum Gasteiger partial charge on any atom is -0.493 e. The van der Waals surface area contributed by atoms with E-state index in [9.17, 15) is 13.2 Å². The highest BCUT2D eigenvalue weighted by Crippen LogP contribution is 2.38. The van der Waals surface area contributed by atoms with Crippen molar-refractivity contribution in [1.82, 2.24) is 9.29 Å². The molecule has 0 aliphatic carbocycles. The molecule has 0 bridgehead atoms. The molecule has 0 amide bonds. The van der Waals surface area contributed by atoms with Crippen LogP contribution in [0.4, 0.5) is 0 Å². The van der Waals surface area contributed by atoms with Gasteiger partial charge in [-0.1, -0.05) is 90.5 Å². The lowest BCUT2D eigenvalue weighted by Gasteiger charge is -2.25. The molecule has 0 spiro atoms. The van der Waals surface area contributed by atoms with Crippen molar-refractivity contribution >= 4 is 50.3 Å². The van der Waals surface area contributed by atoms with E-state index in [0.717, 1.165) is 38.2 Å². The number of sulfonamides is 1. The van der Waals surface area contributed by atoms with E-state index in [4.69, 9.17) is 21.1 Å². The predicted octanol–water partition coefficient (Wildman–Crippen LogP) is 8.55. The quantitative estimate of drug-likeness (QED) is 0.0844. The Balaban J connectivity index is 1.37. The van der Waals surface area contributed by atoms with Gasteiger partial charge in [-0.15, -0.1) is 11.8 Å². The number of carbonyl (C=O) groups excluding carboxylic acids is 1. The number of nitrogens with zero attached hydrogens (tertiary/aromatic N) is 1. The summed E-state index contributed by atoms with van der Waals surface area (Å²) in [5, 5.41) is 1.51. The summed E-state index contributed by atoms with van der Waals surface area (Å²) >= 11 is 7.91. The number of methoxy groups -OCH3 is 1. The smallest absolute Gasteiger partial charge is 0.337 e. The van der Waals surface area contributed by atoms with Gasteiger partial charge in [-0.2, -0.15) is 0 Å². The number of aromatic nitrogens is 1. The monoisotopic (exact) mass is 724 g/mol. The molecule has 7 nitrogen and oxygen atoms in total. The van der Waals surface area contributed by atoms with Crippen LogP contribution in [-0.4, -0.2) is 44.3 Å². The lowest BCUT2D eigenvalue weighted by atomic mass is 9.97. The first-order chi connectivity index (χ1) is 24.3. The number of carbonyl (C=O) groups is 1. The Morgan fingerprint density at radius 1 is 0.820 bits per heavy atom. The molecule has 6 rings (SSSR count). The van der Waals surface area contributed by atoms with Crippen LogP contribution in [0.25, 0.3) is 10.9 Å². The Bertz CT molecular complexity index is 2100. The van der Waals surface area contributed by atoms with E-state index >= 15 is 0 Å². The van der Waals surface area contributed by atoms with Crippen molar-refractivity contribution in [3.63, 3.8) is 0 Å². The highest BCUT2D eigenvalue weighted by molar-refractivity contribution is 8.11. The molecule has 1 aromatic heterocycles. The fourth-order valence-corrected chi connectivity index (χ4v) is 8.55. The molecule has 1 N–H and O–H groups in total. The Morgan fingerprint density at radius 3 is 2.06 bits per heavy atom. The van der Waals surface area contributed by atoms with Crippen molar-refractivity contribution in [2.24, 2.45) is 0 Å². The molecule has 0 saturated heterocycles. The van der Waals surface area contributed by atoms with E-state index in [0.29, 0.717) is 35.8 Å². The van der Waals surface area contributed by atoms with Gasteiger partial charge in [-0.05, 0) is 71.3 Å². The molecule has 0 aliphatic heterocycles. The highest BCUT2D eigenvalue weighted by Gasteiger charge is 2.26.